The monoisotopic (exact) mass is 361 g/mol. The van der Waals surface area contributed by atoms with E-state index < -0.39 is 0 Å². The molecule has 4 rings (SSSR count). The third-order valence-corrected chi connectivity index (χ3v) is 4.97. The van der Waals surface area contributed by atoms with E-state index in [0.717, 1.165) is 44.0 Å². The molecule has 6 nitrogen and oxygen atoms in total. The molecule has 1 aromatic carbocycles. The van der Waals surface area contributed by atoms with Crippen molar-refractivity contribution in [1.82, 2.24) is 25.0 Å². The van der Waals surface area contributed by atoms with Gasteiger partial charge in [-0.15, -0.1) is 0 Å². The van der Waals surface area contributed by atoms with Gasteiger partial charge < -0.3 is 4.90 Å². The lowest BCUT2D eigenvalue weighted by Gasteiger charge is -2.34. The lowest BCUT2D eigenvalue weighted by molar-refractivity contribution is 0.0622. The molecule has 6 heteroatoms. The Labute approximate surface area is 158 Å². The fourth-order valence-electron chi connectivity index (χ4n) is 3.33. The number of hydrogen-bond acceptors (Lipinski definition) is 4. The number of nitrogens with zero attached hydrogens (tertiary/aromatic N) is 4. The number of carbonyl (C=O) groups is 1. The molecule has 1 saturated heterocycles. The maximum absolute atomic E-state index is 12.8. The van der Waals surface area contributed by atoms with Gasteiger partial charge in [-0.25, -0.2) is 0 Å². The van der Waals surface area contributed by atoms with Crippen molar-refractivity contribution in [1.29, 1.82) is 0 Å². The molecule has 1 N–H and O–H groups in total. The first-order valence-corrected chi connectivity index (χ1v) is 9.22. The number of aromatic nitrogens is 3. The Balaban J connectivity index is 1.36. The number of rotatable bonds is 4. The standard InChI is InChI=1S/C21H23N5O/c1-16-2-4-18(5-3-16)19-14-20(24-23-19)21(27)26-12-10-25(11-13-26)15-17-6-8-22-9-7-17/h2-9,14H,10-13,15H2,1H3,(H,23,24). The fourth-order valence-corrected chi connectivity index (χ4v) is 3.33. The van der Waals surface area contributed by atoms with E-state index in [1.54, 1.807) is 0 Å². The quantitative estimate of drug-likeness (QED) is 0.776. The van der Waals surface area contributed by atoms with Gasteiger partial charge in [0.05, 0.1) is 5.69 Å². The number of H-pyrrole nitrogens is 1. The van der Waals surface area contributed by atoms with Gasteiger partial charge in [0, 0.05) is 50.7 Å². The molecule has 0 spiro atoms. The number of benzene rings is 1. The molecule has 2 aromatic heterocycles. The smallest absolute Gasteiger partial charge is 0.271 e. The van der Waals surface area contributed by atoms with Gasteiger partial charge in [0.1, 0.15) is 5.69 Å². The van der Waals surface area contributed by atoms with Gasteiger partial charge in [0.25, 0.3) is 5.91 Å². The highest BCUT2D eigenvalue weighted by Gasteiger charge is 2.23. The Morgan fingerprint density at radius 1 is 1.04 bits per heavy atom. The van der Waals surface area contributed by atoms with E-state index in [2.05, 4.69) is 27.0 Å². The van der Waals surface area contributed by atoms with Crippen LogP contribution in [0.25, 0.3) is 11.3 Å². The summed E-state index contributed by atoms with van der Waals surface area (Å²) >= 11 is 0. The first kappa shape index (κ1) is 17.4. The molecule has 1 amide bonds. The lowest BCUT2D eigenvalue weighted by atomic mass is 10.1. The zero-order valence-electron chi connectivity index (χ0n) is 15.4. The normalized spacial score (nSPS) is 15.1. The summed E-state index contributed by atoms with van der Waals surface area (Å²) in [6.45, 7) is 6.13. The predicted octanol–water partition coefficient (Wildman–Crippen LogP) is 2.74. The van der Waals surface area contributed by atoms with E-state index >= 15 is 0 Å². The molecule has 0 radical (unpaired) electrons. The number of pyridine rings is 1. The van der Waals surface area contributed by atoms with Crippen LogP contribution >= 0.6 is 0 Å². The van der Waals surface area contributed by atoms with Crippen molar-refractivity contribution in [2.45, 2.75) is 13.5 Å². The van der Waals surface area contributed by atoms with Crippen molar-refractivity contribution < 1.29 is 4.79 Å². The molecule has 1 aliphatic rings. The highest BCUT2D eigenvalue weighted by molar-refractivity contribution is 5.93. The van der Waals surface area contributed by atoms with Crippen LogP contribution in [0, 0.1) is 6.92 Å². The second-order valence-electron chi connectivity index (χ2n) is 6.96. The number of aromatic amines is 1. The van der Waals surface area contributed by atoms with E-state index in [1.807, 2.05) is 59.8 Å². The van der Waals surface area contributed by atoms with Crippen LogP contribution in [-0.4, -0.2) is 57.1 Å². The summed E-state index contributed by atoms with van der Waals surface area (Å²) in [6.07, 6.45) is 3.64. The largest absolute Gasteiger partial charge is 0.335 e. The summed E-state index contributed by atoms with van der Waals surface area (Å²) in [5.41, 5.74) is 4.82. The summed E-state index contributed by atoms with van der Waals surface area (Å²) in [5, 5.41) is 7.22. The molecule has 3 heterocycles. The molecular weight excluding hydrogens is 338 g/mol. The van der Waals surface area contributed by atoms with Crippen LogP contribution in [0.1, 0.15) is 21.6 Å². The van der Waals surface area contributed by atoms with Crippen LogP contribution in [0.3, 0.4) is 0 Å². The number of carbonyl (C=O) groups excluding carboxylic acids is 1. The molecule has 0 aliphatic carbocycles. The van der Waals surface area contributed by atoms with Crippen molar-refractivity contribution >= 4 is 5.91 Å². The van der Waals surface area contributed by atoms with Gasteiger partial charge in [-0.05, 0) is 30.7 Å². The predicted molar refractivity (Wildman–Crippen MR) is 104 cm³/mol. The minimum Gasteiger partial charge on any atom is -0.335 e. The van der Waals surface area contributed by atoms with Crippen molar-refractivity contribution in [2.24, 2.45) is 0 Å². The molecule has 0 bridgehead atoms. The summed E-state index contributed by atoms with van der Waals surface area (Å²) in [4.78, 5) is 21.1. The minimum absolute atomic E-state index is 0.0180. The van der Waals surface area contributed by atoms with Gasteiger partial charge in [0.2, 0.25) is 0 Å². The molecule has 0 atom stereocenters. The lowest BCUT2D eigenvalue weighted by Crippen LogP contribution is -2.48. The van der Waals surface area contributed by atoms with Crippen LogP contribution in [0.4, 0.5) is 0 Å². The van der Waals surface area contributed by atoms with Crippen molar-refractivity contribution in [3.05, 3.63) is 71.7 Å². The van der Waals surface area contributed by atoms with Gasteiger partial charge >= 0.3 is 0 Å². The van der Waals surface area contributed by atoms with Gasteiger partial charge in [-0.2, -0.15) is 5.10 Å². The Hall–Kier alpha value is -2.99. The van der Waals surface area contributed by atoms with Crippen LogP contribution in [-0.2, 0) is 6.54 Å². The number of amides is 1. The van der Waals surface area contributed by atoms with Crippen molar-refractivity contribution in [2.75, 3.05) is 26.2 Å². The average Bonchev–Trinajstić information content (AvgIpc) is 3.20. The highest BCUT2D eigenvalue weighted by atomic mass is 16.2. The molecule has 0 unspecified atom stereocenters. The Kier molecular flexibility index (Phi) is 4.98. The Morgan fingerprint density at radius 2 is 1.74 bits per heavy atom. The van der Waals surface area contributed by atoms with Gasteiger partial charge in [-0.3, -0.25) is 19.8 Å². The Morgan fingerprint density at radius 3 is 2.44 bits per heavy atom. The van der Waals surface area contributed by atoms with Crippen LogP contribution in [0.5, 0.6) is 0 Å². The second-order valence-corrected chi connectivity index (χ2v) is 6.96. The van der Waals surface area contributed by atoms with E-state index in [0.29, 0.717) is 5.69 Å². The van der Waals surface area contributed by atoms with Crippen LogP contribution in [0.15, 0.2) is 54.9 Å². The van der Waals surface area contributed by atoms with Crippen LogP contribution < -0.4 is 0 Å². The summed E-state index contributed by atoms with van der Waals surface area (Å²) < 4.78 is 0. The molecular formula is C21H23N5O. The van der Waals surface area contributed by atoms with Gasteiger partial charge in [0.15, 0.2) is 0 Å². The molecule has 1 aliphatic heterocycles. The third-order valence-electron chi connectivity index (χ3n) is 4.97. The molecule has 0 saturated carbocycles. The SMILES string of the molecule is Cc1ccc(-c2cc(C(=O)N3CCN(Cc4ccncc4)CC3)[nH]n2)cc1. The van der Waals surface area contributed by atoms with E-state index in [4.69, 9.17) is 0 Å². The molecule has 1 fully saturated rings. The average molecular weight is 361 g/mol. The molecule has 27 heavy (non-hydrogen) atoms. The summed E-state index contributed by atoms with van der Waals surface area (Å²) in [7, 11) is 0. The van der Waals surface area contributed by atoms with E-state index in [1.165, 1.54) is 11.1 Å². The Bertz CT molecular complexity index is 896. The number of aryl methyl sites for hydroxylation is 1. The van der Waals surface area contributed by atoms with Crippen LogP contribution in [0.2, 0.25) is 0 Å². The third kappa shape index (κ3) is 4.06. The van der Waals surface area contributed by atoms with Gasteiger partial charge in [-0.1, -0.05) is 29.8 Å². The number of piperazine rings is 1. The van der Waals surface area contributed by atoms with Crippen molar-refractivity contribution in [3.63, 3.8) is 0 Å². The maximum atomic E-state index is 12.8. The highest BCUT2D eigenvalue weighted by Crippen LogP contribution is 2.19. The van der Waals surface area contributed by atoms with E-state index in [9.17, 15) is 4.79 Å². The minimum atomic E-state index is 0.0180. The zero-order valence-corrected chi connectivity index (χ0v) is 15.4. The number of nitrogens with one attached hydrogen (secondary N) is 1. The first-order chi connectivity index (χ1) is 13.2. The fraction of sp³-hybridized carbons (Fsp3) is 0.286. The zero-order chi connectivity index (χ0) is 18.6. The number of hydrogen-bond donors (Lipinski definition) is 1. The van der Waals surface area contributed by atoms with E-state index in [-0.39, 0.29) is 5.91 Å². The summed E-state index contributed by atoms with van der Waals surface area (Å²) in [6, 6.07) is 14.1. The summed E-state index contributed by atoms with van der Waals surface area (Å²) in [5.74, 6) is 0.0180. The topological polar surface area (TPSA) is 65.1 Å². The first-order valence-electron chi connectivity index (χ1n) is 9.22. The second kappa shape index (κ2) is 7.72. The molecule has 138 valence electrons. The maximum Gasteiger partial charge on any atom is 0.271 e. The molecule has 3 aromatic rings. The van der Waals surface area contributed by atoms with Crippen molar-refractivity contribution in [3.8, 4) is 11.3 Å².